The average Bonchev–Trinajstić information content (AvgIpc) is 2.84. The van der Waals surface area contributed by atoms with E-state index in [0.29, 0.717) is 0 Å². The summed E-state index contributed by atoms with van der Waals surface area (Å²) in [6.45, 7) is 6.59. The summed E-state index contributed by atoms with van der Waals surface area (Å²) in [5, 5.41) is 2.84. The number of hydrogen-bond acceptors (Lipinski definition) is 2. The Morgan fingerprint density at radius 3 is 2.48 bits per heavy atom. The van der Waals surface area contributed by atoms with E-state index in [1.807, 2.05) is 4.90 Å². The summed E-state index contributed by atoms with van der Waals surface area (Å²) in [5.74, 6) is -0.151. The molecule has 0 aliphatic carbocycles. The lowest BCUT2D eigenvalue weighted by Gasteiger charge is -2.18. The van der Waals surface area contributed by atoms with Crippen molar-refractivity contribution < 1.29 is 9.59 Å². The van der Waals surface area contributed by atoms with Gasteiger partial charge in [-0.1, -0.05) is 58.1 Å². The van der Waals surface area contributed by atoms with Gasteiger partial charge in [0.15, 0.2) is 0 Å². The van der Waals surface area contributed by atoms with Crippen molar-refractivity contribution in [3.05, 3.63) is 29.3 Å². The molecule has 1 atom stereocenters. The van der Waals surface area contributed by atoms with Gasteiger partial charge in [-0.2, -0.15) is 0 Å². The number of carbonyl (C=O) groups excluding carboxylic acids is 2. The van der Waals surface area contributed by atoms with E-state index in [4.69, 9.17) is 0 Å². The smallest absolute Gasteiger partial charge is 0.254 e. The number of hydrogen-bond donors (Lipinski definition) is 1. The van der Waals surface area contributed by atoms with Crippen LogP contribution in [0.1, 0.15) is 82.9 Å². The van der Waals surface area contributed by atoms with E-state index in [1.165, 1.54) is 31.7 Å². The van der Waals surface area contributed by atoms with E-state index >= 15 is 0 Å². The van der Waals surface area contributed by atoms with Crippen molar-refractivity contribution in [3.63, 3.8) is 0 Å². The standard InChI is InChI=1S/C21H32N2O2/c1-4-6-8-9-10-14-23-19-13-12-17(11-7-5-2)15-18(19)20(21(23)25)22-16(3)24/h12-13,15,20H,4-11,14H2,1-3H3,(H,22,24). The van der Waals surface area contributed by atoms with Crippen molar-refractivity contribution >= 4 is 17.5 Å². The summed E-state index contributed by atoms with van der Waals surface area (Å²) in [6.07, 6.45) is 9.14. The molecule has 4 nitrogen and oxygen atoms in total. The average molecular weight is 344 g/mol. The minimum atomic E-state index is -0.523. The molecule has 2 amide bonds. The van der Waals surface area contributed by atoms with Crippen LogP contribution in [-0.2, 0) is 16.0 Å². The molecule has 0 fully saturated rings. The summed E-state index contributed by atoms with van der Waals surface area (Å²) in [6, 6.07) is 5.78. The van der Waals surface area contributed by atoms with Gasteiger partial charge in [-0.05, 0) is 30.9 Å². The molecule has 0 bridgehead atoms. The summed E-state index contributed by atoms with van der Waals surface area (Å²) in [4.78, 5) is 26.3. The summed E-state index contributed by atoms with van der Waals surface area (Å²) < 4.78 is 0. The van der Waals surface area contributed by atoms with Gasteiger partial charge in [0.2, 0.25) is 5.91 Å². The Bertz CT molecular complexity index is 598. The SMILES string of the molecule is CCCCCCCN1C(=O)C(NC(C)=O)c2cc(CCCC)ccc21. The van der Waals surface area contributed by atoms with Gasteiger partial charge in [0.05, 0.1) is 0 Å². The largest absolute Gasteiger partial charge is 0.341 e. The molecule has 2 rings (SSSR count). The summed E-state index contributed by atoms with van der Waals surface area (Å²) >= 11 is 0. The van der Waals surface area contributed by atoms with Crippen molar-refractivity contribution in [1.29, 1.82) is 0 Å². The van der Waals surface area contributed by atoms with Crippen LogP contribution in [0.15, 0.2) is 18.2 Å². The molecular weight excluding hydrogens is 312 g/mol. The second-order valence-electron chi connectivity index (χ2n) is 7.03. The molecule has 0 saturated heterocycles. The maximum Gasteiger partial charge on any atom is 0.254 e. The van der Waals surface area contributed by atoms with E-state index in [-0.39, 0.29) is 11.8 Å². The van der Waals surface area contributed by atoms with Crippen LogP contribution in [0.25, 0.3) is 0 Å². The quantitative estimate of drug-likeness (QED) is 0.634. The Morgan fingerprint density at radius 2 is 1.80 bits per heavy atom. The Labute approximate surface area is 152 Å². The topological polar surface area (TPSA) is 49.4 Å². The third-order valence-electron chi connectivity index (χ3n) is 4.86. The van der Waals surface area contributed by atoms with Crippen molar-refractivity contribution in [1.82, 2.24) is 5.32 Å². The van der Waals surface area contributed by atoms with Crippen LogP contribution in [-0.4, -0.2) is 18.4 Å². The number of carbonyl (C=O) groups is 2. The minimum absolute atomic E-state index is 0.00772. The van der Waals surface area contributed by atoms with Gasteiger partial charge in [-0.15, -0.1) is 0 Å². The van der Waals surface area contributed by atoms with Crippen LogP contribution >= 0.6 is 0 Å². The van der Waals surface area contributed by atoms with E-state index in [9.17, 15) is 9.59 Å². The third kappa shape index (κ3) is 5.07. The molecule has 138 valence electrons. The van der Waals surface area contributed by atoms with Gasteiger partial charge in [0.25, 0.3) is 5.91 Å². The molecule has 25 heavy (non-hydrogen) atoms. The zero-order chi connectivity index (χ0) is 18.2. The predicted octanol–water partition coefficient (Wildman–Crippen LogP) is 4.52. The molecule has 4 heteroatoms. The van der Waals surface area contributed by atoms with Crippen molar-refractivity contribution in [3.8, 4) is 0 Å². The highest BCUT2D eigenvalue weighted by Gasteiger charge is 2.37. The molecule has 0 radical (unpaired) electrons. The van der Waals surface area contributed by atoms with Crippen LogP contribution in [0.3, 0.4) is 0 Å². The number of anilines is 1. The maximum absolute atomic E-state index is 12.9. The highest BCUT2D eigenvalue weighted by molar-refractivity contribution is 6.06. The fraction of sp³-hybridized carbons (Fsp3) is 0.619. The second-order valence-corrected chi connectivity index (χ2v) is 7.03. The number of amides is 2. The number of aryl methyl sites for hydroxylation is 1. The number of nitrogens with zero attached hydrogens (tertiary/aromatic N) is 1. The molecule has 1 aliphatic rings. The zero-order valence-electron chi connectivity index (χ0n) is 15.9. The van der Waals surface area contributed by atoms with Gasteiger partial charge in [0, 0.05) is 24.7 Å². The van der Waals surface area contributed by atoms with Gasteiger partial charge >= 0.3 is 0 Å². The molecule has 1 heterocycles. The first-order valence-corrected chi connectivity index (χ1v) is 9.79. The van der Waals surface area contributed by atoms with Gasteiger partial charge in [-0.3, -0.25) is 9.59 Å². The highest BCUT2D eigenvalue weighted by Crippen LogP contribution is 2.37. The number of unbranched alkanes of at least 4 members (excludes halogenated alkanes) is 5. The molecule has 1 aromatic rings. The Balaban J connectivity index is 2.14. The lowest BCUT2D eigenvalue weighted by atomic mass is 10.0. The highest BCUT2D eigenvalue weighted by atomic mass is 16.2. The van der Waals surface area contributed by atoms with E-state index in [2.05, 4.69) is 37.4 Å². The van der Waals surface area contributed by atoms with Gasteiger partial charge in [0.1, 0.15) is 6.04 Å². The molecule has 0 spiro atoms. The first kappa shape index (κ1) is 19.5. The van der Waals surface area contributed by atoms with Crippen molar-refractivity contribution in [2.75, 3.05) is 11.4 Å². The number of nitrogens with one attached hydrogen (secondary N) is 1. The normalized spacial score (nSPS) is 16.2. The van der Waals surface area contributed by atoms with E-state index in [0.717, 1.165) is 49.9 Å². The lowest BCUT2D eigenvalue weighted by Crippen LogP contribution is -2.37. The Kier molecular flexibility index (Phi) is 7.48. The van der Waals surface area contributed by atoms with Crippen LogP contribution in [0.4, 0.5) is 5.69 Å². The van der Waals surface area contributed by atoms with Crippen LogP contribution in [0.2, 0.25) is 0 Å². The molecule has 1 aliphatic heterocycles. The molecular formula is C21H32N2O2. The van der Waals surface area contributed by atoms with E-state index in [1.54, 1.807) is 0 Å². The number of rotatable bonds is 10. The van der Waals surface area contributed by atoms with E-state index < -0.39 is 6.04 Å². The molecule has 0 aromatic heterocycles. The predicted molar refractivity (Wildman–Crippen MR) is 103 cm³/mol. The Hall–Kier alpha value is -1.84. The van der Waals surface area contributed by atoms with Gasteiger partial charge in [-0.25, -0.2) is 0 Å². The number of benzene rings is 1. The summed E-state index contributed by atoms with van der Waals surface area (Å²) in [5.41, 5.74) is 3.18. The molecule has 0 saturated carbocycles. The van der Waals surface area contributed by atoms with Crippen LogP contribution in [0.5, 0.6) is 0 Å². The molecule has 1 unspecified atom stereocenters. The zero-order valence-corrected chi connectivity index (χ0v) is 15.9. The lowest BCUT2D eigenvalue weighted by molar-refractivity contribution is -0.126. The fourth-order valence-corrected chi connectivity index (χ4v) is 3.47. The van der Waals surface area contributed by atoms with Gasteiger partial charge < -0.3 is 10.2 Å². The number of fused-ring (bicyclic) bond motifs is 1. The first-order valence-electron chi connectivity index (χ1n) is 9.79. The minimum Gasteiger partial charge on any atom is -0.341 e. The molecule has 1 N–H and O–H groups in total. The fourth-order valence-electron chi connectivity index (χ4n) is 3.47. The summed E-state index contributed by atoms with van der Waals surface area (Å²) in [7, 11) is 0. The van der Waals surface area contributed by atoms with Crippen LogP contribution in [0, 0.1) is 0 Å². The first-order chi connectivity index (χ1) is 12.1. The second kappa shape index (κ2) is 9.59. The van der Waals surface area contributed by atoms with Crippen molar-refractivity contribution in [2.45, 2.75) is 78.2 Å². The maximum atomic E-state index is 12.9. The third-order valence-corrected chi connectivity index (χ3v) is 4.86. The van der Waals surface area contributed by atoms with Crippen molar-refractivity contribution in [2.24, 2.45) is 0 Å². The molecule has 1 aromatic carbocycles. The van der Waals surface area contributed by atoms with Crippen LogP contribution < -0.4 is 10.2 Å². The Morgan fingerprint density at radius 1 is 1.08 bits per heavy atom. The monoisotopic (exact) mass is 344 g/mol.